The Morgan fingerprint density at radius 2 is 2.55 bits per heavy atom. The Labute approximate surface area is 62.6 Å². The molecule has 11 heavy (non-hydrogen) atoms. The van der Waals surface area contributed by atoms with Crippen molar-refractivity contribution in [1.82, 2.24) is 15.0 Å². The highest BCUT2D eigenvalue weighted by Crippen LogP contribution is 1.85. The summed E-state index contributed by atoms with van der Waals surface area (Å²) < 4.78 is 1.37. The fourth-order valence-electron chi connectivity index (χ4n) is 0.610. The summed E-state index contributed by atoms with van der Waals surface area (Å²) in [4.78, 5) is 10.2. The van der Waals surface area contributed by atoms with Crippen molar-refractivity contribution in [3.8, 4) is 0 Å². The Bertz CT molecular complexity index is 233. The van der Waals surface area contributed by atoms with Crippen LogP contribution in [0.1, 0.15) is 0 Å². The maximum absolute atomic E-state index is 10.2. The van der Waals surface area contributed by atoms with E-state index in [1.165, 1.54) is 10.9 Å². The van der Waals surface area contributed by atoms with Gasteiger partial charge in [-0.25, -0.2) is 0 Å². The molecule has 3 N–H and O–H groups in total. The maximum Gasteiger partial charge on any atom is 0.322 e. The summed E-state index contributed by atoms with van der Waals surface area (Å²) in [6.45, 7) is 0.148. The lowest BCUT2D eigenvalue weighted by atomic mass is 10.3. The van der Waals surface area contributed by atoms with E-state index in [1.54, 1.807) is 6.20 Å². The Morgan fingerprint density at radius 3 is 3.00 bits per heavy atom. The third kappa shape index (κ3) is 2.01. The molecule has 1 aromatic heterocycles. The molecule has 0 spiro atoms. The van der Waals surface area contributed by atoms with Crippen LogP contribution in [0.3, 0.4) is 0 Å². The monoisotopic (exact) mass is 156 g/mol. The molecule has 0 bridgehead atoms. The number of rotatable bonds is 3. The molecule has 0 unspecified atom stereocenters. The third-order valence-corrected chi connectivity index (χ3v) is 1.17. The van der Waals surface area contributed by atoms with Crippen molar-refractivity contribution >= 4 is 5.97 Å². The molecule has 0 aliphatic carbocycles. The van der Waals surface area contributed by atoms with Gasteiger partial charge in [-0.15, -0.1) is 5.10 Å². The molecule has 1 aromatic rings. The number of nitrogens with zero attached hydrogens (tertiary/aromatic N) is 3. The van der Waals surface area contributed by atoms with E-state index in [2.05, 4.69) is 10.3 Å². The van der Waals surface area contributed by atoms with Gasteiger partial charge < -0.3 is 10.8 Å². The second-order valence-electron chi connectivity index (χ2n) is 2.07. The molecule has 1 atom stereocenters. The van der Waals surface area contributed by atoms with Gasteiger partial charge in [0.05, 0.1) is 12.7 Å². The first-order chi connectivity index (χ1) is 5.20. The first-order valence-corrected chi connectivity index (χ1v) is 3.02. The number of aliphatic carboxylic acids is 1. The number of hydrogen-bond donors (Lipinski definition) is 2. The Balaban J connectivity index is 2.50. The van der Waals surface area contributed by atoms with E-state index in [9.17, 15) is 4.79 Å². The lowest BCUT2D eigenvalue weighted by Crippen LogP contribution is -2.34. The summed E-state index contributed by atoms with van der Waals surface area (Å²) in [7, 11) is 0. The summed E-state index contributed by atoms with van der Waals surface area (Å²) in [5.74, 6) is -1.04. The normalized spacial score (nSPS) is 12.8. The van der Waals surface area contributed by atoms with Gasteiger partial charge in [0, 0.05) is 6.20 Å². The van der Waals surface area contributed by atoms with Gasteiger partial charge in [0.2, 0.25) is 0 Å². The molecule has 0 aromatic carbocycles. The van der Waals surface area contributed by atoms with Crippen LogP contribution >= 0.6 is 0 Å². The third-order valence-electron chi connectivity index (χ3n) is 1.17. The molecule has 6 heteroatoms. The van der Waals surface area contributed by atoms with Gasteiger partial charge in [0.15, 0.2) is 0 Å². The number of carboxylic acid groups (broad SMARTS) is 1. The van der Waals surface area contributed by atoms with Crippen LogP contribution in [0.4, 0.5) is 0 Å². The van der Waals surface area contributed by atoms with Crippen LogP contribution in [0.2, 0.25) is 0 Å². The van der Waals surface area contributed by atoms with Gasteiger partial charge >= 0.3 is 5.97 Å². The number of carboxylic acids is 1. The fraction of sp³-hybridized carbons (Fsp3) is 0.400. The number of carbonyl (C=O) groups is 1. The number of aromatic nitrogens is 3. The topological polar surface area (TPSA) is 94.0 Å². The van der Waals surface area contributed by atoms with Crippen molar-refractivity contribution in [3.05, 3.63) is 12.4 Å². The summed E-state index contributed by atoms with van der Waals surface area (Å²) in [6.07, 6.45) is 3.03. The summed E-state index contributed by atoms with van der Waals surface area (Å²) >= 11 is 0. The van der Waals surface area contributed by atoms with Crippen LogP contribution in [-0.2, 0) is 11.3 Å². The first kappa shape index (κ1) is 7.67. The SMILES string of the molecule is N[C@@H](Cn1ccnn1)C(=O)O. The largest absolute Gasteiger partial charge is 0.480 e. The second kappa shape index (κ2) is 3.11. The zero-order chi connectivity index (χ0) is 8.27. The smallest absolute Gasteiger partial charge is 0.322 e. The highest BCUT2D eigenvalue weighted by atomic mass is 16.4. The minimum absolute atomic E-state index is 0.148. The van der Waals surface area contributed by atoms with E-state index in [0.717, 1.165) is 0 Å². The van der Waals surface area contributed by atoms with Gasteiger partial charge in [-0.05, 0) is 0 Å². The highest BCUT2D eigenvalue weighted by Gasteiger charge is 2.11. The van der Waals surface area contributed by atoms with E-state index in [4.69, 9.17) is 10.8 Å². The van der Waals surface area contributed by atoms with Gasteiger partial charge in [-0.2, -0.15) is 0 Å². The Kier molecular flexibility index (Phi) is 2.17. The minimum atomic E-state index is -1.04. The first-order valence-electron chi connectivity index (χ1n) is 3.02. The van der Waals surface area contributed by atoms with E-state index in [1.807, 2.05) is 0 Å². The second-order valence-corrected chi connectivity index (χ2v) is 2.07. The van der Waals surface area contributed by atoms with Crippen molar-refractivity contribution in [2.45, 2.75) is 12.6 Å². The average Bonchev–Trinajstić information content (AvgIpc) is 2.39. The molecule has 0 aliphatic heterocycles. The molecule has 0 amide bonds. The molecule has 0 radical (unpaired) electrons. The molecule has 0 fully saturated rings. The van der Waals surface area contributed by atoms with Crippen LogP contribution < -0.4 is 5.73 Å². The van der Waals surface area contributed by atoms with Crippen LogP contribution in [0.15, 0.2) is 12.4 Å². The summed E-state index contributed by atoms with van der Waals surface area (Å²) in [6, 6.07) is -0.920. The molecular formula is C5H8N4O2. The van der Waals surface area contributed by atoms with Crippen LogP contribution in [0, 0.1) is 0 Å². The Hall–Kier alpha value is -1.43. The zero-order valence-corrected chi connectivity index (χ0v) is 5.71. The van der Waals surface area contributed by atoms with Crippen molar-refractivity contribution in [1.29, 1.82) is 0 Å². The van der Waals surface area contributed by atoms with E-state index >= 15 is 0 Å². The predicted octanol–water partition coefficient (Wildman–Crippen LogP) is -1.31. The minimum Gasteiger partial charge on any atom is -0.480 e. The fourth-order valence-corrected chi connectivity index (χ4v) is 0.610. The summed E-state index contributed by atoms with van der Waals surface area (Å²) in [5.41, 5.74) is 5.22. The molecule has 1 rings (SSSR count). The van der Waals surface area contributed by atoms with Crippen molar-refractivity contribution < 1.29 is 9.90 Å². The summed E-state index contributed by atoms with van der Waals surface area (Å²) in [5, 5.41) is 15.5. The maximum atomic E-state index is 10.2. The van der Waals surface area contributed by atoms with E-state index < -0.39 is 12.0 Å². The molecule has 6 nitrogen and oxygen atoms in total. The van der Waals surface area contributed by atoms with Gasteiger partial charge in [-0.3, -0.25) is 9.48 Å². The molecular weight excluding hydrogens is 148 g/mol. The predicted molar refractivity (Wildman–Crippen MR) is 35.6 cm³/mol. The average molecular weight is 156 g/mol. The molecule has 1 heterocycles. The van der Waals surface area contributed by atoms with Gasteiger partial charge in [-0.1, -0.05) is 5.21 Å². The standard InChI is InChI=1S/C5H8N4O2/c6-4(5(10)11)3-9-2-1-7-8-9/h1-2,4H,3,6H2,(H,10,11)/t4-/m0/s1. The van der Waals surface area contributed by atoms with Crippen LogP contribution in [-0.4, -0.2) is 32.1 Å². The van der Waals surface area contributed by atoms with Crippen LogP contribution in [0.25, 0.3) is 0 Å². The molecule has 60 valence electrons. The Morgan fingerprint density at radius 1 is 1.82 bits per heavy atom. The van der Waals surface area contributed by atoms with E-state index in [0.29, 0.717) is 0 Å². The van der Waals surface area contributed by atoms with Gasteiger partial charge in [0.1, 0.15) is 6.04 Å². The number of hydrogen-bond acceptors (Lipinski definition) is 4. The van der Waals surface area contributed by atoms with Crippen molar-refractivity contribution in [2.24, 2.45) is 5.73 Å². The number of nitrogens with two attached hydrogens (primary N) is 1. The quantitative estimate of drug-likeness (QED) is 0.566. The lowest BCUT2D eigenvalue weighted by Gasteiger charge is -2.03. The molecule has 0 aliphatic rings. The zero-order valence-electron chi connectivity index (χ0n) is 5.71. The van der Waals surface area contributed by atoms with Crippen molar-refractivity contribution in [2.75, 3.05) is 0 Å². The van der Waals surface area contributed by atoms with Gasteiger partial charge in [0.25, 0.3) is 0 Å². The molecule has 0 saturated carbocycles. The van der Waals surface area contributed by atoms with Crippen molar-refractivity contribution in [3.63, 3.8) is 0 Å². The van der Waals surface area contributed by atoms with Crippen LogP contribution in [0.5, 0.6) is 0 Å². The van der Waals surface area contributed by atoms with E-state index in [-0.39, 0.29) is 6.54 Å². The molecule has 0 saturated heterocycles. The highest BCUT2D eigenvalue weighted by molar-refractivity contribution is 5.72. The lowest BCUT2D eigenvalue weighted by molar-refractivity contribution is -0.138.